The number of anilines is 1. The third kappa shape index (κ3) is 5.67. The summed E-state index contributed by atoms with van der Waals surface area (Å²) in [7, 11) is 1.69. The number of ether oxygens (including phenoxy) is 1. The predicted octanol–water partition coefficient (Wildman–Crippen LogP) is 3.19. The topological polar surface area (TPSA) is 75.0 Å². The normalized spacial score (nSPS) is 10.3. The molecule has 0 bridgehead atoms. The van der Waals surface area contributed by atoms with Crippen LogP contribution in [-0.2, 0) is 16.0 Å². The Kier molecular flexibility index (Phi) is 7.07. The number of methoxy groups -OCH3 is 1. The van der Waals surface area contributed by atoms with Crippen LogP contribution in [0.2, 0.25) is 0 Å². The summed E-state index contributed by atoms with van der Waals surface area (Å²) in [5, 5.41) is 13.7. The van der Waals surface area contributed by atoms with Crippen LogP contribution in [0.25, 0.3) is 11.3 Å². The second kappa shape index (κ2) is 9.30. The highest BCUT2D eigenvalue weighted by Crippen LogP contribution is 2.25. The van der Waals surface area contributed by atoms with Crippen molar-refractivity contribution < 1.29 is 9.53 Å². The van der Waals surface area contributed by atoms with Gasteiger partial charge in [0.05, 0.1) is 29.9 Å². The number of hydrogen-bond donors (Lipinski definition) is 1. The first-order valence-corrected chi connectivity index (χ1v) is 9.04. The highest BCUT2D eigenvalue weighted by Gasteiger charge is 2.08. The highest BCUT2D eigenvalue weighted by atomic mass is 32.2. The van der Waals surface area contributed by atoms with Crippen LogP contribution in [-0.4, -0.2) is 36.1 Å². The molecule has 2 aromatic rings. The third-order valence-electron chi connectivity index (χ3n) is 2.99. The van der Waals surface area contributed by atoms with Crippen molar-refractivity contribution in [3.05, 3.63) is 35.2 Å². The molecule has 1 aromatic heterocycles. The Morgan fingerprint density at radius 1 is 1.43 bits per heavy atom. The minimum Gasteiger partial charge on any atom is -0.384 e. The van der Waals surface area contributed by atoms with Crippen LogP contribution in [0.4, 0.5) is 5.13 Å². The standard InChI is InChI=1S/C16H17N3O2S2/c1-21-8-6-12-2-4-13(5-3-12)14-10-23-16(18-14)19-15(20)11-22-9-7-17/h2-5,10H,6,8-9,11H2,1H3,(H,18,19,20). The number of benzene rings is 1. The fourth-order valence-corrected chi connectivity index (χ4v) is 3.06. The van der Waals surface area contributed by atoms with Gasteiger partial charge in [-0.15, -0.1) is 23.1 Å². The van der Waals surface area contributed by atoms with Crippen molar-refractivity contribution in [2.45, 2.75) is 6.42 Å². The maximum atomic E-state index is 11.7. The number of nitrogens with zero attached hydrogens (tertiary/aromatic N) is 2. The van der Waals surface area contributed by atoms with Crippen molar-refractivity contribution in [2.75, 3.05) is 30.5 Å². The average Bonchev–Trinajstić information content (AvgIpc) is 3.02. The number of nitrogens with one attached hydrogen (secondary N) is 1. The monoisotopic (exact) mass is 347 g/mol. The molecule has 1 amide bonds. The van der Waals surface area contributed by atoms with Gasteiger partial charge in [-0.2, -0.15) is 5.26 Å². The van der Waals surface area contributed by atoms with E-state index in [-0.39, 0.29) is 11.7 Å². The molecule has 0 radical (unpaired) electrons. The summed E-state index contributed by atoms with van der Waals surface area (Å²) in [5.41, 5.74) is 3.07. The van der Waals surface area contributed by atoms with E-state index in [4.69, 9.17) is 10.00 Å². The summed E-state index contributed by atoms with van der Waals surface area (Å²) in [6.45, 7) is 0.704. The van der Waals surface area contributed by atoms with Crippen LogP contribution < -0.4 is 5.32 Å². The number of nitriles is 1. The van der Waals surface area contributed by atoms with Crippen LogP contribution in [0.15, 0.2) is 29.6 Å². The zero-order chi connectivity index (χ0) is 16.5. The molecule has 23 heavy (non-hydrogen) atoms. The fourth-order valence-electron chi connectivity index (χ4n) is 1.87. The number of amides is 1. The van der Waals surface area contributed by atoms with Crippen LogP contribution in [0.5, 0.6) is 0 Å². The molecule has 7 heteroatoms. The van der Waals surface area contributed by atoms with Gasteiger partial charge in [-0.25, -0.2) is 4.98 Å². The summed E-state index contributed by atoms with van der Waals surface area (Å²) in [6.07, 6.45) is 0.884. The molecule has 0 aliphatic rings. The lowest BCUT2D eigenvalue weighted by Crippen LogP contribution is -2.14. The SMILES string of the molecule is COCCc1ccc(-c2csc(NC(=O)CSCC#N)n2)cc1. The van der Waals surface area contributed by atoms with Gasteiger partial charge in [0, 0.05) is 18.1 Å². The number of thiazole rings is 1. The Morgan fingerprint density at radius 3 is 2.91 bits per heavy atom. The maximum absolute atomic E-state index is 11.7. The molecule has 0 unspecified atom stereocenters. The summed E-state index contributed by atoms with van der Waals surface area (Å²) < 4.78 is 5.07. The summed E-state index contributed by atoms with van der Waals surface area (Å²) in [4.78, 5) is 16.1. The van der Waals surface area contributed by atoms with Gasteiger partial charge in [0.2, 0.25) is 5.91 Å². The number of hydrogen-bond acceptors (Lipinski definition) is 6. The first-order chi connectivity index (χ1) is 11.2. The molecule has 0 fully saturated rings. The average molecular weight is 347 g/mol. The zero-order valence-electron chi connectivity index (χ0n) is 12.7. The largest absolute Gasteiger partial charge is 0.384 e. The zero-order valence-corrected chi connectivity index (χ0v) is 14.4. The van der Waals surface area contributed by atoms with Gasteiger partial charge < -0.3 is 10.1 Å². The number of rotatable bonds is 8. The van der Waals surface area contributed by atoms with Crippen molar-refractivity contribution in [2.24, 2.45) is 0 Å². The van der Waals surface area contributed by atoms with E-state index >= 15 is 0 Å². The van der Waals surface area contributed by atoms with Gasteiger partial charge in [0.1, 0.15) is 0 Å². The molecular weight excluding hydrogens is 330 g/mol. The Balaban J connectivity index is 1.93. The van der Waals surface area contributed by atoms with Gasteiger partial charge in [-0.05, 0) is 12.0 Å². The van der Waals surface area contributed by atoms with Gasteiger partial charge >= 0.3 is 0 Å². The van der Waals surface area contributed by atoms with E-state index in [1.54, 1.807) is 7.11 Å². The predicted molar refractivity (Wildman–Crippen MR) is 94.7 cm³/mol. The highest BCUT2D eigenvalue weighted by molar-refractivity contribution is 8.00. The lowest BCUT2D eigenvalue weighted by molar-refractivity contribution is -0.113. The van der Waals surface area contributed by atoms with Crippen molar-refractivity contribution in [3.63, 3.8) is 0 Å². The molecule has 0 aliphatic heterocycles. The molecule has 2 rings (SSSR count). The number of thioether (sulfide) groups is 1. The van der Waals surface area contributed by atoms with E-state index in [1.165, 1.54) is 28.7 Å². The van der Waals surface area contributed by atoms with Crippen molar-refractivity contribution in [1.82, 2.24) is 4.98 Å². The summed E-state index contributed by atoms with van der Waals surface area (Å²) >= 11 is 2.68. The molecule has 0 atom stereocenters. The van der Waals surface area contributed by atoms with E-state index < -0.39 is 0 Å². The molecule has 1 N–H and O–H groups in total. The second-order valence-corrected chi connectivity index (χ2v) is 6.52. The molecule has 0 aliphatic carbocycles. The number of aromatic nitrogens is 1. The second-order valence-electron chi connectivity index (χ2n) is 4.68. The van der Waals surface area contributed by atoms with Crippen molar-refractivity contribution in [1.29, 1.82) is 5.26 Å². The molecule has 0 saturated heterocycles. The maximum Gasteiger partial charge on any atom is 0.236 e. The van der Waals surface area contributed by atoms with Crippen LogP contribution >= 0.6 is 23.1 Å². The molecule has 120 valence electrons. The minimum absolute atomic E-state index is 0.138. The van der Waals surface area contributed by atoms with Crippen LogP contribution in [0.3, 0.4) is 0 Å². The lowest BCUT2D eigenvalue weighted by Gasteiger charge is -2.02. The van der Waals surface area contributed by atoms with Crippen LogP contribution in [0.1, 0.15) is 5.56 Å². The minimum atomic E-state index is -0.138. The Morgan fingerprint density at radius 2 is 2.22 bits per heavy atom. The van der Waals surface area contributed by atoms with Gasteiger partial charge in [-0.1, -0.05) is 24.3 Å². The van der Waals surface area contributed by atoms with Gasteiger partial charge in [0.25, 0.3) is 0 Å². The van der Waals surface area contributed by atoms with E-state index in [0.29, 0.717) is 17.5 Å². The molecule has 1 heterocycles. The molecule has 0 saturated carbocycles. The third-order valence-corrected chi connectivity index (χ3v) is 4.55. The molecular formula is C16H17N3O2S2. The lowest BCUT2D eigenvalue weighted by atomic mass is 10.1. The number of carbonyl (C=O) groups excluding carboxylic acids is 1. The van der Waals surface area contributed by atoms with Crippen molar-refractivity contribution in [3.8, 4) is 17.3 Å². The quantitative estimate of drug-likeness (QED) is 0.742. The Labute approximate surface area is 143 Å². The van der Waals surface area contributed by atoms with Crippen LogP contribution in [0, 0.1) is 11.3 Å². The summed E-state index contributed by atoms with van der Waals surface area (Å²) in [6, 6.07) is 10.2. The van der Waals surface area contributed by atoms with Gasteiger partial charge in [0.15, 0.2) is 5.13 Å². The molecule has 5 nitrogen and oxygen atoms in total. The van der Waals surface area contributed by atoms with E-state index in [2.05, 4.69) is 22.4 Å². The smallest absolute Gasteiger partial charge is 0.236 e. The Hall–Kier alpha value is -1.88. The Bertz CT molecular complexity index is 677. The number of carbonyl (C=O) groups is 1. The summed E-state index contributed by atoms with van der Waals surface area (Å²) in [5.74, 6) is 0.434. The van der Waals surface area contributed by atoms with E-state index in [0.717, 1.165) is 17.7 Å². The first kappa shape index (κ1) is 17.5. The van der Waals surface area contributed by atoms with E-state index in [9.17, 15) is 4.79 Å². The van der Waals surface area contributed by atoms with Crippen molar-refractivity contribution >= 4 is 34.1 Å². The first-order valence-electron chi connectivity index (χ1n) is 7.01. The molecule has 1 aromatic carbocycles. The fraction of sp³-hybridized carbons (Fsp3) is 0.312. The van der Waals surface area contributed by atoms with E-state index in [1.807, 2.05) is 23.6 Å². The molecule has 0 spiro atoms. The van der Waals surface area contributed by atoms with Gasteiger partial charge in [-0.3, -0.25) is 4.79 Å².